The molecule has 0 radical (unpaired) electrons. The zero-order valence-corrected chi connectivity index (χ0v) is 16.6. The Labute approximate surface area is 162 Å². The number of methoxy groups -OCH3 is 2. The zero-order valence-electron chi connectivity index (χ0n) is 15.8. The molecule has 2 heterocycles. The number of nitrogens with one attached hydrogen (secondary N) is 1. The smallest absolute Gasteiger partial charge is 0.227 e. The zero-order chi connectivity index (χ0) is 17.6. The maximum Gasteiger partial charge on any atom is 0.227 e. The van der Waals surface area contributed by atoms with Gasteiger partial charge in [0.15, 0.2) is 11.5 Å². The number of likely N-dealkylation sites (tertiary alicyclic amines) is 1. The Hall–Kier alpha value is -1.46. The van der Waals surface area contributed by atoms with Crippen molar-refractivity contribution in [3.05, 3.63) is 23.8 Å². The van der Waals surface area contributed by atoms with Gasteiger partial charge in [0.05, 0.1) is 20.1 Å². The quantitative estimate of drug-likeness (QED) is 0.821. The second-order valence-corrected chi connectivity index (χ2v) is 7.10. The van der Waals surface area contributed by atoms with Gasteiger partial charge < -0.3 is 19.7 Å². The standard InChI is InChI=1S/C20H30N2O3.ClH/c1-24-18-9-7-15(13-19(18)25-2)6-8-17-5-3-4-12-22(17)20(23)16-10-11-21-14-16;/h7,9,13,16-17,21H,3-6,8,10-12,14H2,1-2H3;1H. The molecule has 0 spiro atoms. The molecule has 0 bridgehead atoms. The van der Waals surface area contributed by atoms with Crippen LogP contribution >= 0.6 is 12.4 Å². The number of ether oxygens (including phenoxy) is 2. The molecular formula is C20H31ClN2O3. The molecule has 1 amide bonds. The van der Waals surface area contributed by atoms with E-state index >= 15 is 0 Å². The van der Waals surface area contributed by atoms with E-state index in [2.05, 4.69) is 22.3 Å². The number of aryl methyl sites for hydroxylation is 1. The molecule has 6 heteroatoms. The van der Waals surface area contributed by atoms with Gasteiger partial charge in [-0.05, 0) is 62.8 Å². The molecule has 5 nitrogen and oxygen atoms in total. The SMILES string of the molecule is COc1ccc(CCC2CCCCN2C(=O)C2CCNC2)cc1OC.Cl. The molecule has 1 aromatic carbocycles. The Morgan fingerprint density at radius 3 is 2.69 bits per heavy atom. The molecule has 0 saturated carbocycles. The number of nitrogens with zero attached hydrogens (tertiary/aromatic N) is 1. The molecule has 0 aromatic heterocycles. The van der Waals surface area contributed by atoms with Crippen LogP contribution in [0.25, 0.3) is 0 Å². The summed E-state index contributed by atoms with van der Waals surface area (Å²) in [5, 5.41) is 3.32. The second-order valence-electron chi connectivity index (χ2n) is 7.10. The second kappa shape index (κ2) is 10.0. The van der Waals surface area contributed by atoms with E-state index in [1.54, 1.807) is 14.2 Å². The van der Waals surface area contributed by atoms with Crippen LogP contribution < -0.4 is 14.8 Å². The first-order valence-electron chi connectivity index (χ1n) is 9.45. The van der Waals surface area contributed by atoms with E-state index in [-0.39, 0.29) is 18.3 Å². The number of amides is 1. The highest BCUT2D eigenvalue weighted by Gasteiger charge is 2.32. The summed E-state index contributed by atoms with van der Waals surface area (Å²) in [6, 6.07) is 6.48. The molecule has 2 saturated heterocycles. The van der Waals surface area contributed by atoms with Gasteiger partial charge in [-0.3, -0.25) is 4.79 Å². The van der Waals surface area contributed by atoms with Crippen LogP contribution in [-0.4, -0.2) is 50.7 Å². The van der Waals surface area contributed by atoms with Gasteiger partial charge in [-0.25, -0.2) is 0 Å². The molecule has 2 aliphatic rings. The summed E-state index contributed by atoms with van der Waals surface area (Å²) in [5.74, 6) is 2.08. The van der Waals surface area contributed by atoms with Crippen molar-refractivity contribution < 1.29 is 14.3 Å². The summed E-state index contributed by atoms with van der Waals surface area (Å²) in [5.41, 5.74) is 1.23. The number of rotatable bonds is 6. The molecular weight excluding hydrogens is 352 g/mol. The number of carbonyl (C=O) groups excluding carboxylic acids is 1. The van der Waals surface area contributed by atoms with Crippen molar-refractivity contribution in [2.24, 2.45) is 5.92 Å². The normalized spacial score (nSPS) is 22.6. The van der Waals surface area contributed by atoms with E-state index in [0.717, 1.165) is 63.2 Å². The Morgan fingerprint density at radius 1 is 1.19 bits per heavy atom. The molecule has 0 aliphatic carbocycles. The Balaban J connectivity index is 0.00000243. The molecule has 2 aliphatic heterocycles. The third kappa shape index (κ3) is 4.83. The summed E-state index contributed by atoms with van der Waals surface area (Å²) in [4.78, 5) is 15.0. The van der Waals surface area contributed by atoms with Gasteiger partial charge in [-0.1, -0.05) is 6.07 Å². The molecule has 26 heavy (non-hydrogen) atoms. The number of benzene rings is 1. The molecule has 1 aromatic rings. The van der Waals surface area contributed by atoms with Crippen molar-refractivity contribution in [2.75, 3.05) is 33.9 Å². The largest absolute Gasteiger partial charge is 0.493 e. The maximum absolute atomic E-state index is 12.9. The minimum absolute atomic E-state index is 0. The van der Waals surface area contributed by atoms with Gasteiger partial charge >= 0.3 is 0 Å². The van der Waals surface area contributed by atoms with E-state index in [9.17, 15) is 4.79 Å². The predicted molar refractivity (Wildman–Crippen MR) is 105 cm³/mol. The fourth-order valence-electron chi connectivity index (χ4n) is 4.06. The van der Waals surface area contributed by atoms with Crippen molar-refractivity contribution in [3.8, 4) is 11.5 Å². The third-order valence-electron chi connectivity index (χ3n) is 5.53. The first-order valence-corrected chi connectivity index (χ1v) is 9.45. The van der Waals surface area contributed by atoms with E-state index in [1.165, 1.54) is 12.0 Å². The third-order valence-corrected chi connectivity index (χ3v) is 5.53. The molecule has 2 fully saturated rings. The lowest BCUT2D eigenvalue weighted by molar-refractivity contribution is -0.138. The van der Waals surface area contributed by atoms with Gasteiger partial charge in [-0.2, -0.15) is 0 Å². The van der Waals surface area contributed by atoms with Crippen molar-refractivity contribution >= 4 is 18.3 Å². The van der Waals surface area contributed by atoms with Crippen LogP contribution in [0.3, 0.4) is 0 Å². The van der Waals surface area contributed by atoms with E-state index in [0.29, 0.717) is 11.9 Å². The lowest BCUT2D eigenvalue weighted by Gasteiger charge is -2.37. The highest BCUT2D eigenvalue weighted by molar-refractivity contribution is 5.85. The van der Waals surface area contributed by atoms with Crippen molar-refractivity contribution in [1.29, 1.82) is 0 Å². The average Bonchev–Trinajstić information content (AvgIpc) is 3.20. The average molecular weight is 383 g/mol. The molecule has 3 rings (SSSR count). The molecule has 146 valence electrons. The van der Waals surface area contributed by atoms with Crippen LogP contribution in [0.2, 0.25) is 0 Å². The molecule has 1 N–H and O–H groups in total. The van der Waals surface area contributed by atoms with E-state index in [1.807, 2.05) is 6.07 Å². The Bertz CT molecular complexity index is 590. The highest BCUT2D eigenvalue weighted by Crippen LogP contribution is 2.29. The van der Waals surface area contributed by atoms with Crippen LogP contribution in [0.4, 0.5) is 0 Å². The monoisotopic (exact) mass is 382 g/mol. The van der Waals surface area contributed by atoms with Gasteiger partial charge in [0.1, 0.15) is 0 Å². The summed E-state index contributed by atoms with van der Waals surface area (Å²) in [6.07, 6.45) is 6.44. The Kier molecular flexibility index (Phi) is 8.04. The number of carbonyl (C=O) groups is 1. The van der Waals surface area contributed by atoms with Gasteiger partial charge in [0.25, 0.3) is 0 Å². The lowest BCUT2D eigenvalue weighted by atomic mass is 9.94. The fraction of sp³-hybridized carbons (Fsp3) is 0.650. The molecule has 2 atom stereocenters. The van der Waals surface area contributed by atoms with Crippen LogP contribution in [0.1, 0.15) is 37.7 Å². The van der Waals surface area contributed by atoms with Crippen molar-refractivity contribution in [2.45, 2.75) is 44.6 Å². The van der Waals surface area contributed by atoms with Crippen LogP contribution in [0.15, 0.2) is 18.2 Å². The van der Waals surface area contributed by atoms with Gasteiger partial charge in [0, 0.05) is 19.1 Å². The van der Waals surface area contributed by atoms with Crippen molar-refractivity contribution in [1.82, 2.24) is 10.2 Å². The summed E-state index contributed by atoms with van der Waals surface area (Å²) < 4.78 is 10.7. The van der Waals surface area contributed by atoms with Crippen molar-refractivity contribution in [3.63, 3.8) is 0 Å². The highest BCUT2D eigenvalue weighted by atomic mass is 35.5. The molecule has 2 unspecified atom stereocenters. The topological polar surface area (TPSA) is 50.8 Å². The van der Waals surface area contributed by atoms with Crippen LogP contribution in [-0.2, 0) is 11.2 Å². The maximum atomic E-state index is 12.9. The Morgan fingerprint density at radius 2 is 2.00 bits per heavy atom. The number of hydrogen-bond acceptors (Lipinski definition) is 4. The number of halogens is 1. The fourth-order valence-corrected chi connectivity index (χ4v) is 4.06. The minimum Gasteiger partial charge on any atom is -0.493 e. The first kappa shape index (κ1) is 20.8. The predicted octanol–water partition coefficient (Wildman–Crippen LogP) is 3.05. The number of hydrogen-bond donors (Lipinski definition) is 1. The van der Waals surface area contributed by atoms with E-state index in [4.69, 9.17) is 9.47 Å². The summed E-state index contributed by atoms with van der Waals surface area (Å²) in [6.45, 7) is 2.74. The van der Waals surface area contributed by atoms with Gasteiger partial charge in [0.2, 0.25) is 5.91 Å². The van der Waals surface area contributed by atoms with Gasteiger partial charge in [-0.15, -0.1) is 12.4 Å². The van der Waals surface area contributed by atoms with Crippen LogP contribution in [0, 0.1) is 5.92 Å². The van der Waals surface area contributed by atoms with Crippen LogP contribution in [0.5, 0.6) is 11.5 Å². The lowest BCUT2D eigenvalue weighted by Crippen LogP contribution is -2.47. The first-order chi connectivity index (χ1) is 12.2. The minimum atomic E-state index is 0. The van der Waals surface area contributed by atoms with E-state index < -0.39 is 0 Å². The summed E-state index contributed by atoms with van der Waals surface area (Å²) >= 11 is 0. The summed E-state index contributed by atoms with van der Waals surface area (Å²) in [7, 11) is 3.32. The number of piperidine rings is 1.